The van der Waals surface area contributed by atoms with E-state index in [0.29, 0.717) is 5.82 Å². The van der Waals surface area contributed by atoms with Gasteiger partial charge in [-0.3, -0.25) is 0 Å². The minimum atomic E-state index is -0.311. The highest BCUT2D eigenvalue weighted by Crippen LogP contribution is 2.15. The zero-order valence-electron chi connectivity index (χ0n) is 8.51. The molecule has 3 N–H and O–H groups in total. The fraction of sp³-hybridized carbons (Fsp3) is 0.300. The summed E-state index contributed by atoms with van der Waals surface area (Å²) in [6.07, 6.45) is 1.03. The first-order chi connectivity index (χ1) is 7.31. The van der Waals surface area contributed by atoms with Crippen LogP contribution in [-0.4, -0.2) is 20.6 Å². The minimum Gasteiger partial charge on any atom is -0.318 e. The molecule has 2 aromatic rings. The Hall–Kier alpha value is -1.75. The maximum atomic E-state index is 5.97. The second-order valence-electron chi connectivity index (χ2n) is 3.34. The van der Waals surface area contributed by atoms with Gasteiger partial charge >= 0.3 is 0 Å². The fourth-order valence-electron chi connectivity index (χ4n) is 1.41. The third kappa shape index (κ3) is 2.02. The molecule has 0 fully saturated rings. The second kappa shape index (κ2) is 4.18. The first kappa shape index (κ1) is 9.79. The van der Waals surface area contributed by atoms with Gasteiger partial charge in [0.25, 0.3) is 0 Å². The molecule has 0 aliphatic carbocycles. The Kier molecular flexibility index (Phi) is 2.73. The molecule has 1 atom stereocenters. The van der Waals surface area contributed by atoms with E-state index in [2.05, 4.69) is 39.7 Å². The molecule has 15 heavy (non-hydrogen) atoms. The van der Waals surface area contributed by atoms with Crippen molar-refractivity contribution in [2.75, 3.05) is 0 Å². The van der Waals surface area contributed by atoms with Crippen molar-refractivity contribution in [1.29, 1.82) is 0 Å². The van der Waals surface area contributed by atoms with E-state index in [1.807, 2.05) is 12.1 Å². The lowest BCUT2D eigenvalue weighted by Gasteiger charge is -2.07. The number of hydrogen-bond acceptors (Lipinski definition) is 4. The summed E-state index contributed by atoms with van der Waals surface area (Å²) in [6, 6.07) is 7.82. The van der Waals surface area contributed by atoms with Gasteiger partial charge in [0.05, 0.1) is 6.04 Å². The van der Waals surface area contributed by atoms with Gasteiger partial charge in [-0.2, -0.15) is 5.21 Å². The highest BCUT2D eigenvalue weighted by Gasteiger charge is 2.12. The van der Waals surface area contributed by atoms with Crippen LogP contribution in [0.3, 0.4) is 0 Å². The first-order valence-corrected chi connectivity index (χ1v) is 4.89. The minimum absolute atomic E-state index is 0.311. The molecule has 1 aromatic heterocycles. The number of rotatable bonds is 3. The van der Waals surface area contributed by atoms with Crippen LogP contribution in [0, 0.1) is 0 Å². The number of aryl methyl sites for hydroxylation is 1. The summed E-state index contributed by atoms with van der Waals surface area (Å²) in [6.45, 7) is 2.12. The standard InChI is InChI=1S/C10H13N5/c1-2-7-3-5-8(6-4-7)9(11)10-12-14-15-13-10/h3-6,9H,2,11H2,1H3,(H,12,13,14,15). The normalized spacial score (nSPS) is 12.7. The van der Waals surface area contributed by atoms with Crippen molar-refractivity contribution in [2.24, 2.45) is 5.73 Å². The Morgan fingerprint density at radius 3 is 2.60 bits per heavy atom. The van der Waals surface area contributed by atoms with Crippen LogP contribution in [0.5, 0.6) is 0 Å². The first-order valence-electron chi connectivity index (χ1n) is 4.89. The van der Waals surface area contributed by atoms with E-state index in [1.54, 1.807) is 0 Å². The quantitative estimate of drug-likeness (QED) is 0.773. The molecule has 0 saturated heterocycles. The van der Waals surface area contributed by atoms with Gasteiger partial charge in [0, 0.05) is 0 Å². The molecule has 5 heteroatoms. The SMILES string of the molecule is CCc1ccc(C(N)c2nn[nH]n2)cc1. The van der Waals surface area contributed by atoms with Crippen molar-refractivity contribution in [3.8, 4) is 0 Å². The number of nitrogens with one attached hydrogen (secondary N) is 1. The molecule has 0 saturated carbocycles. The largest absolute Gasteiger partial charge is 0.318 e. The number of H-pyrrole nitrogens is 1. The average Bonchev–Trinajstić information content (AvgIpc) is 2.82. The van der Waals surface area contributed by atoms with Gasteiger partial charge in [-0.15, -0.1) is 10.2 Å². The van der Waals surface area contributed by atoms with E-state index in [4.69, 9.17) is 5.73 Å². The number of nitrogens with two attached hydrogens (primary N) is 1. The lowest BCUT2D eigenvalue weighted by atomic mass is 10.0. The number of aromatic amines is 1. The lowest BCUT2D eigenvalue weighted by Crippen LogP contribution is -2.13. The second-order valence-corrected chi connectivity index (χ2v) is 3.34. The molecule has 78 valence electrons. The summed E-state index contributed by atoms with van der Waals surface area (Å²) >= 11 is 0. The molecule has 0 radical (unpaired) electrons. The third-order valence-electron chi connectivity index (χ3n) is 2.39. The highest BCUT2D eigenvalue weighted by molar-refractivity contribution is 5.27. The Labute approximate surface area is 87.7 Å². The van der Waals surface area contributed by atoms with Gasteiger partial charge in [-0.1, -0.05) is 36.4 Å². The molecule has 0 spiro atoms. The summed E-state index contributed by atoms with van der Waals surface area (Å²) in [7, 11) is 0. The van der Waals surface area contributed by atoms with Crippen molar-refractivity contribution in [3.63, 3.8) is 0 Å². The van der Waals surface area contributed by atoms with E-state index in [9.17, 15) is 0 Å². The molecular formula is C10H13N5. The summed E-state index contributed by atoms with van der Waals surface area (Å²) in [5.74, 6) is 0.513. The molecule has 1 unspecified atom stereocenters. The molecule has 0 aliphatic rings. The molecule has 1 heterocycles. The van der Waals surface area contributed by atoms with Crippen LogP contribution in [0.15, 0.2) is 24.3 Å². The highest BCUT2D eigenvalue weighted by atomic mass is 15.5. The van der Waals surface area contributed by atoms with Crippen LogP contribution in [0.2, 0.25) is 0 Å². The van der Waals surface area contributed by atoms with Gasteiger partial charge in [0.15, 0.2) is 5.82 Å². The Morgan fingerprint density at radius 1 is 1.33 bits per heavy atom. The summed E-state index contributed by atoms with van der Waals surface area (Å²) in [4.78, 5) is 0. The Bertz CT molecular complexity index is 406. The maximum Gasteiger partial charge on any atom is 0.195 e. The zero-order chi connectivity index (χ0) is 10.7. The maximum absolute atomic E-state index is 5.97. The number of aromatic nitrogens is 4. The van der Waals surface area contributed by atoms with Crippen LogP contribution < -0.4 is 5.73 Å². The predicted molar refractivity (Wildman–Crippen MR) is 56.0 cm³/mol. The van der Waals surface area contributed by atoms with Gasteiger partial charge in [-0.25, -0.2) is 0 Å². The lowest BCUT2D eigenvalue weighted by molar-refractivity contribution is 0.784. The molecule has 1 aromatic carbocycles. The molecule has 0 amide bonds. The van der Waals surface area contributed by atoms with Crippen molar-refractivity contribution in [2.45, 2.75) is 19.4 Å². The van der Waals surface area contributed by atoms with Crippen LogP contribution in [0.1, 0.15) is 29.9 Å². The molecule has 0 bridgehead atoms. The van der Waals surface area contributed by atoms with Crippen LogP contribution in [-0.2, 0) is 6.42 Å². The predicted octanol–water partition coefficient (Wildman–Crippen LogP) is 0.810. The van der Waals surface area contributed by atoms with Gasteiger partial charge in [-0.05, 0) is 17.5 Å². The monoisotopic (exact) mass is 203 g/mol. The van der Waals surface area contributed by atoms with E-state index < -0.39 is 0 Å². The number of hydrogen-bond donors (Lipinski definition) is 2. The summed E-state index contributed by atoms with van der Waals surface area (Å²) in [5, 5.41) is 13.6. The van der Waals surface area contributed by atoms with Crippen molar-refractivity contribution in [3.05, 3.63) is 41.2 Å². The van der Waals surface area contributed by atoms with Crippen molar-refractivity contribution in [1.82, 2.24) is 20.6 Å². The molecule has 2 rings (SSSR count). The molecule has 5 nitrogen and oxygen atoms in total. The molecular weight excluding hydrogens is 190 g/mol. The van der Waals surface area contributed by atoms with E-state index in [-0.39, 0.29) is 6.04 Å². The topological polar surface area (TPSA) is 80.5 Å². The van der Waals surface area contributed by atoms with E-state index in [0.717, 1.165) is 12.0 Å². The van der Waals surface area contributed by atoms with Crippen molar-refractivity contribution < 1.29 is 0 Å². The van der Waals surface area contributed by atoms with E-state index in [1.165, 1.54) is 5.56 Å². The number of benzene rings is 1. The molecule has 0 aliphatic heterocycles. The fourth-order valence-corrected chi connectivity index (χ4v) is 1.41. The summed E-state index contributed by atoms with van der Waals surface area (Å²) < 4.78 is 0. The van der Waals surface area contributed by atoms with Gasteiger partial charge in [0.1, 0.15) is 0 Å². The number of nitrogens with zero attached hydrogens (tertiary/aromatic N) is 3. The van der Waals surface area contributed by atoms with Crippen LogP contribution in [0.25, 0.3) is 0 Å². The average molecular weight is 203 g/mol. The van der Waals surface area contributed by atoms with Gasteiger partial charge in [0.2, 0.25) is 0 Å². The van der Waals surface area contributed by atoms with E-state index >= 15 is 0 Å². The zero-order valence-corrected chi connectivity index (χ0v) is 8.51. The Balaban J connectivity index is 2.22. The van der Waals surface area contributed by atoms with Crippen LogP contribution in [0.4, 0.5) is 0 Å². The Morgan fingerprint density at radius 2 is 2.07 bits per heavy atom. The van der Waals surface area contributed by atoms with Crippen LogP contribution >= 0.6 is 0 Å². The third-order valence-corrected chi connectivity index (χ3v) is 2.39. The smallest absolute Gasteiger partial charge is 0.195 e. The number of tetrazole rings is 1. The van der Waals surface area contributed by atoms with Crippen molar-refractivity contribution >= 4 is 0 Å². The summed E-state index contributed by atoms with van der Waals surface area (Å²) in [5.41, 5.74) is 8.25. The van der Waals surface area contributed by atoms with Gasteiger partial charge < -0.3 is 5.73 Å².